The van der Waals surface area contributed by atoms with Gasteiger partial charge in [0.2, 0.25) is 5.91 Å². The van der Waals surface area contributed by atoms with Crippen LogP contribution in [0.15, 0.2) is 30.3 Å². The van der Waals surface area contributed by atoms with Crippen LogP contribution in [0.25, 0.3) is 0 Å². The van der Waals surface area contributed by atoms with Gasteiger partial charge in [-0.05, 0) is 12.1 Å². The molecule has 1 atom stereocenters. The molecule has 0 saturated carbocycles. The van der Waals surface area contributed by atoms with Gasteiger partial charge in [-0.15, -0.1) is 0 Å². The molecule has 0 spiro atoms. The van der Waals surface area contributed by atoms with Crippen LogP contribution >= 0.6 is 0 Å². The fraction of sp³-hybridized carbons (Fsp3) is 0.562. The first-order valence-electron chi connectivity index (χ1n) is 7.72. The number of para-hydroxylation sites is 1. The fourth-order valence-corrected chi connectivity index (χ4v) is 2.99. The predicted molar refractivity (Wildman–Crippen MR) is 82.5 cm³/mol. The Morgan fingerprint density at radius 2 is 1.95 bits per heavy atom. The lowest BCUT2D eigenvalue weighted by molar-refractivity contribution is -0.135. The number of piperazine rings is 1. The highest BCUT2D eigenvalue weighted by Crippen LogP contribution is 2.16. The van der Waals surface area contributed by atoms with Crippen LogP contribution in [0.5, 0.6) is 0 Å². The number of hydrogen-bond acceptors (Lipinski definition) is 4. The SMILES string of the molecule is O=C(CC1CN(c2ccccc2)CCN1)N1CCOCC1. The molecule has 5 nitrogen and oxygen atoms in total. The quantitative estimate of drug-likeness (QED) is 0.890. The maximum absolute atomic E-state index is 12.3. The van der Waals surface area contributed by atoms with E-state index >= 15 is 0 Å². The number of nitrogens with zero attached hydrogens (tertiary/aromatic N) is 2. The fourth-order valence-electron chi connectivity index (χ4n) is 2.99. The van der Waals surface area contributed by atoms with Crippen LogP contribution in [0.4, 0.5) is 5.69 Å². The molecule has 0 radical (unpaired) electrons. The Bertz CT molecular complexity index is 460. The van der Waals surface area contributed by atoms with E-state index in [1.165, 1.54) is 5.69 Å². The maximum atomic E-state index is 12.3. The third-order valence-corrected chi connectivity index (χ3v) is 4.16. The molecule has 0 bridgehead atoms. The normalized spacial score (nSPS) is 23.1. The number of amides is 1. The Balaban J connectivity index is 1.55. The number of carbonyl (C=O) groups is 1. The topological polar surface area (TPSA) is 44.8 Å². The molecule has 2 fully saturated rings. The van der Waals surface area contributed by atoms with E-state index in [2.05, 4.69) is 34.5 Å². The van der Waals surface area contributed by atoms with Crippen LogP contribution in [0.3, 0.4) is 0 Å². The first-order valence-corrected chi connectivity index (χ1v) is 7.72. The smallest absolute Gasteiger partial charge is 0.224 e. The number of nitrogens with one attached hydrogen (secondary N) is 1. The second kappa shape index (κ2) is 6.91. The number of anilines is 1. The van der Waals surface area contributed by atoms with Crippen LogP contribution in [0, 0.1) is 0 Å². The predicted octanol–water partition coefficient (Wildman–Crippen LogP) is 0.714. The van der Waals surface area contributed by atoms with Crippen LogP contribution in [0.1, 0.15) is 6.42 Å². The van der Waals surface area contributed by atoms with Gasteiger partial charge in [-0.2, -0.15) is 0 Å². The van der Waals surface area contributed by atoms with Crippen molar-refractivity contribution in [3.8, 4) is 0 Å². The summed E-state index contributed by atoms with van der Waals surface area (Å²) in [7, 11) is 0. The van der Waals surface area contributed by atoms with E-state index in [9.17, 15) is 4.79 Å². The highest BCUT2D eigenvalue weighted by atomic mass is 16.5. The molecule has 2 saturated heterocycles. The van der Waals surface area contributed by atoms with Gasteiger partial charge >= 0.3 is 0 Å². The van der Waals surface area contributed by atoms with Crippen molar-refractivity contribution >= 4 is 11.6 Å². The van der Waals surface area contributed by atoms with Gasteiger partial charge in [-0.25, -0.2) is 0 Å². The standard InChI is InChI=1S/C16H23N3O2/c20-16(18-8-10-21-11-9-18)12-14-13-19(7-6-17-14)15-4-2-1-3-5-15/h1-5,14,17H,6-13H2. The molecule has 0 aliphatic carbocycles. The summed E-state index contributed by atoms with van der Waals surface area (Å²) in [4.78, 5) is 16.6. The van der Waals surface area contributed by atoms with Crippen LogP contribution in [-0.2, 0) is 9.53 Å². The minimum atomic E-state index is 0.231. The Hall–Kier alpha value is -1.59. The molecule has 1 amide bonds. The molecule has 2 heterocycles. The summed E-state index contributed by atoms with van der Waals surface area (Å²) in [6.45, 7) is 5.60. The van der Waals surface area contributed by atoms with Gasteiger partial charge in [0.25, 0.3) is 0 Å². The van der Waals surface area contributed by atoms with E-state index < -0.39 is 0 Å². The number of carbonyl (C=O) groups excluding carboxylic acids is 1. The number of rotatable bonds is 3. The Kier molecular flexibility index (Phi) is 4.72. The number of hydrogen-bond donors (Lipinski definition) is 1. The zero-order chi connectivity index (χ0) is 14.5. The van der Waals surface area contributed by atoms with Crippen molar-refractivity contribution in [1.82, 2.24) is 10.2 Å². The van der Waals surface area contributed by atoms with Gasteiger partial charge in [-0.1, -0.05) is 18.2 Å². The minimum Gasteiger partial charge on any atom is -0.378 e. The lowest BCUT2D eigenvalue weighted by atomic mass is 10.1. The summed E-state index contributed by atoms with van der Waals surface area (Å²) < 4.78 is 5.30. The molecule has 3 rings (SSSR count). The molecule has 1 aromatic carbocycles. The van der Waals surface area contributed by atoms with E-state index in [1.54, 1.807) is 0 Å². The number of morpholine rings is 1. The second-order valence-corrected chi connectivity index (χ2v) is 5.63. The molecule has 0 aromatic heterocycles. The van der Waals surface area contributed by atoms with Gasteiger partial charge < -0.3 is 19.9 Å². The first kappa shape index (κ1) is 14.4. The van der Waals surface area contributed by atoms with Crippen molar-refractivity contribution in [2.24, 2.45) is 0 Å². The molecule has 2 aliphatic heterocycles. The van der Waals surface area contributed by atoms with E-state index in [0.29, 0.717) is 19.6 Å². The van der Waals surface area contributed by atoms with E-state index in [-0.39, 0.29) is 11.9 Å². The van der Waals surface area contributed by atoms with Gasteiger partial charge in [0.15, 0.2) is 0 Å². The maximum Gasteiger partial charge on any atom is 0.224 e. The number of benzene rings is 1. The Morgan fingerprint density at radius 1 is 1.19 bits per heavy atom. The molecule has 2 aliphatic rings. The van der Waals surface area contributed by atoms with E-state index in [4.69, 9.17) is 4.74 Å². The monoisotopic (exact) mass is 289 g/mol. The van der Waals surface area contributed by atoms with Crippen LogP contribution in [0.2, 0.25) is 0 Å². The largest absolute Gasteiger partial charge is 0.378 e. The zero-order valence-electron chi connectivity index (χ0n) is 12.3. The van der Waals surface area contributed by atoms with Crippen molar-refractivity contribution in [2.75, 3.05) is 50.8 Å². The summed E-state index contributed by atoms with van der Waals surface area (Å²) in [5, 5.41) is 3.47. The molecular weight excluding hydrogens is 266 g/mol. The van der Waals surface area contributed by atoms with Crippen molar-refractivity contribution in [3.63, 3.8) is 0 Å². The van der Waals surface area contributed by atoms with Crippen molar-refractivity contribution in [1.29, 1.82) is 0 Å². The molecule has 1 unspecified atom stereocenters. The molecule has 21 heavy (non-hydrogen) atoms. The van der Waals surface area contributed by atoms with E-state index in [1.807, 2.05) is 11.0 Å². The number of ether oxygens (including phenoxy) is 1. The van der Waals surface area contributed by atoms with Gasteiger partial charge in [-0.3, -0.25) is 4.79 Å². The third-order valence-electron chi connectivity index (χ3n) is 4.16. The van der Waals surface area contributed by atoms with Crippen molar-refractivity contribution in [3.05, 3.63) is 30.3 Å². The summed E-state index contributed by atoms with van der Waals surface area (Å²) >= 11 is 0. The van der Waals surface area contributed by atoms with E-state index in [0.717, 1.165) is 32.7 Å². The average Bonchev–Trinajstić information content (AvgIpc) is 2.57. The third kappa shape index (κ3) is 3.74. The average molecular weight is 289 g/mol. The summed E-state index contributed by atoms with van der Waals surface area (Å²) in [5.41, 5.74) is 1.24. The lowest BCUT2D eigenvalue weighted by Crippen LogP contribution is -2.53. The van der Waals surface area contributed by atoms with Crippen molar-refractivity contribution in [2.45, 2.75) is 12.5 Å². The highest BCUT2D eigenvalue weighted by molar-refractivity contribution is 5.77. The summed E-state index contributed by atoms with van der Waals surface area (Å²) in [6, 6.07) is 10.6. The van der Waals surface area contributed by atoms with Gasteiger partial charge in [0.1, 0.15) is 0 Å². The summed E-state index contributed by atoms with van der Waals surface area (Å²) in [5.74, 6) is 0.241. The van der Waals surface area contributed by atoms with Gasteiger partial charge in [0, 0.05) is 50.9 Å². The minimum absolute atomic E-state index is 0.231. The Labute approximate surface area is 125 Å². The second-order valence-electron chi connectivity index (χ2n) is 5.63. The molecule has 1 aromatic rings. The first-order chi connectivity index (χ1) is 10.3. The van der Waals surface area contributed by atoms with Crippen molar-refractivity contribution < 1.29 is 9.53 Å². The summed E-state index contributed by atoms with van der Waals surface area (Å²) in [6.07, 6.45) is 0.573. The van der Waals surface area contributed by atoms with Crippen LogP contribution < -0.4 is 10.2 Å². The van der Waals surface area contributed by atoms with Crippen LogP contribution in [-0.4, -0.2) is 62.8 Å². The van der Waals surface area contributed by atoms with Gasteiger partial charge in [0.05, 0.1) is 13.2 Å². The molecular formula is C16H23N3O2. The highest BCUT2D eigenvalue weighted by Gasteiger charge is 2.25. The lowest BCUT2D eigenvalue weighted by Gasteiger charge is -2.36. The molecule has 5 heteroatoms. The molecule has 114 valence electrons. The Morgan fingerprint density at radius 3 is 2.71 bits per heavy atom. The zero-order valence-corrected chi connectivity index (χ0v) is 12.3. The molecule has 1 N–H and O–H groups in total.